The molecule has 0 atom stereocenters. The lowest BCUT2D eigenvalue weighted by Crippen LogP contribution is -2.22. The van der Waals surface area contributed by atoms with Gasteiger partial charge in [-0.15, -0.1) is 0 Å². The Balaban J connectivity index is 1.51. The van der Waals surface area contributed by atoms with Gasteiger partial charge in [-0.2, -0.15) is 5.10 Å². The molecule has 2 aromatic carbocycles. The highest BCUT2D eigenvalue weighted by molar-refractivity contribution is 6.30. The molecule has 26 heavy (non-hydrogen) atoms. The number of nitrogen functional groups attached to an aromatic ring is 1. The van der Waals surface area contributed by atoms with E-state index in [4.69, 9.17) is 21.8 Å². The fraction of sp³-hybridized carbons (Fsp3) is 0.0526. The van der Waals surface area contributed by atoms with Crippen LogP contribution in [0.4, 0.5) is 5.82 Å². The third kappa shape index (κ3) is 3.14. The largest absolute Gasteiger partial charge is 0.451 e. The van der Waals surface area contributed by atoms with Crippen LogP contribution < -0.4 is 11.1 Å². The molecule has 0 saturated carbocycles. The summed E-state index contributed by atoms with van der Waals surface area (Å²) >= 11 is 5.95. The van der Waals surface area contributed by atoms with Crippen LogP contribution in [0.3, 0.4) is 0 Å². The first-order valence-electron chi connectivity index (χ1n) is 7.96. The van der Waals surface area contributed by atoms with Crippen LogP contribution in [0.1, 0.15) is 16.1 Å². The first-order valence-corrected chi connectivity index (χ1v) is 8.34. The van der Waals surface area contributed by atoms with E-state index in [1.165, 1.54) is 0 Å². The van der Waals surface area contributed by atoms with Crippen molar-refractivity contribution in [3.8, 4) is 11.3 Å². The van der Waals surface area contributed by atoms with Gasteiger partial charge in [-0.05, 0) is 48.0 Å². The van der Waals surface area contributed by atoms with E-state index in [9.17, 15) is 4.79 Å². The molecule has 2 heterocycles. The summed E-state index contributed by atoms with van der Waals surface area (Å²) < 4.78 is 5.70. The number of furan rings is 1. The molecule has 0 aliphatic carbocycles. The standard InChI is InChI=1S/C19H15ClN4O2/c20-13-3-1-2-11(8-13)10-22-19(25)17-7-6-16(26-17)12-4-5-15-14(9-12)18(21)24-23-15/h1-9H,10H2,(H,22,25)(H3,21,23,24). The summed E-state index contributed by atoms with van der Waals surface area (Å²) in [5, 5.41) is 11.1. The molecule has 1 amide bonds. The monoisotopic (exact) mass is 366 g/mol. The second kappa shape index (κ2) is 6.57. The Hall–Kier alpha value is -3.25. The zero-order valence-electron chi connectivity index (χ0n) is 13.6. The van der Waals surface area contributed by atoms with Gasteiger partial charge in [0, 0.05) is 22.5 Å². The number of carbonyl (C=O) groups excluding carboxylic acids is 1. The molecule has 0 saturated heterocycles. The van der Waals surface area contributed by atoms with Gasteiger partial charge in [0.2, 0.25) is 0 Å². The van der Waals surface area contributed by atoms with Gasteiger partial charge in [0.1, 0.15) is 5.76 Å². The first-order chi connectivity index (χ1) is 12.6. The van der Waals surface area contributed by atoms with Crippen molar-refractivity contribution in [2.24, 2.45) is 0 Å². The molecule has 0 spiro atoms. The fourth-order valence-corrected chi connectivity index (χ4v) is 2.93. The molecule has 0 aliphatic heterocycles. The molecule has 4 rings (SSSR count). The van der Waals surface area contributed by atoms with Gasteiger partial charge in [0.05, 0.1) is 5.52 Å². The summed E-state index contributed by atoms with van der Waals surface area (Å²) in [5.74, 6) is 0.954. The summed E-state index contributed by atoms with van der Waals surface area (Å²) in [6, 6.07) is 16.4. The van der Waals surface area contributed by atoms with Gasteiger partial charge in [-0.3, -0.25) is 9.89 Å². The number of nitrogens with one attached hydrogen (secondary N) is 2. The molecule has 4 N–H and O–H groups in total. The van der Waals surface area contributed by atoms with Crippen molar-refractivity contribution in [2.45, 2.75) is 6.54 Å². The number of H-pyrrole nitrogens is 1. The summed E-state index contributed by atoms with van der Waals surface area (Å²) in [7, 11) is 0. The van der Waals surface area contributed by atoms with Crippen molar-refractivity contribution >= 4 is 34.2 Å². The zero-order chi connectivity index (χ0) is 18.1. The lowest BCUT2D eigenvalue weighted by Gasteiger charge is -2.04. The van der Waals surface area contributed by atoms with Gasteiger partial charge in [0.25, 0.3) is 5.91 Å². The number of carbonyl (C=O) groups is 1. The van der Waals surface area contributed by atoms with E-state index in [1.807, 2.05) is 30.3 Å². The van der Waals surface area contributed by atoms with Gasteiger partial charge in [0.15, 0.2) is 11.6 Å². The summed E-state index contributed by atoms with van der Waals surface area (Å²) in [5.41, 5.74) is 8.41. The minimum atomic E-state index is -0.292. The van der Waals surface area contributed by atoms with Crippen LogP contribution in [-0.4, -0.2) is 16.1 Å². The lowest BCUT2D eigenvalue weighted by molar-refractivity contribution is 0.0924. The van der Waals surface area contributed by atoms with Crippen LogP contribution in [0.25, 0.3) is 22.2 Å². The van der Waals surface area contributed by atoms with Crippen molar-refractivity contribution in [3.63, 3.8) is 0 Å². The molecule has 0 aliphatic rings. The van der Waals surface area contributed by atoms with Crippen LogP contribution >= 0.6 is 11.6 Å². The molecule has 7 heteroatoms. The molecule has 130 valence electrons. The van der Waals surface area contributed by atoms with Crippen LogP contribution in [0.15, 0.2) is 59.0 Å². The Morgan fingerprint density at radius 2 is 2.08 bits per heavy atom. The Kier molecular flexibility index (Phi) is 4.10. The van der Waals surface area contributed by atoms with E-state index in [-0.39, 0.29) is 11.7 Å². The minimum absolute atomic E-state index is 0.238. The third-order valence-corrected chi connectivity index (χ3v) is 4.28. The predicted molar refractivity (Wildman–Crippen MR) is 101 cm³/mol. The van der Waals surface area contributed by atoms with E-state index < -0.39 is 0 Å². The molecule has 0 fully saturated rings. The van der Waals surface area contributed by atoms with Crippen LogP contribution in [0, 0.1) is 0 Å². The number of halogens is 1. The van der Waals surface area contributed by atoms with E-state index in [0.29, 0.717) is 23.1 Å². The Morgan fingerprint density at radius 1 is 1.19 bits per heavy atom. The number of amides is 1. The summed E-state index contributed by atoms with van der Waals surface area (Å²) in [4.78, 5) is 12.3. The SMILES string of the molecule is Nc1n[nH]c2ccc(-c3ccc(C(=O)NCc4cccc(Cl)c4)o3)cc12. The minimum Gasteiger partial charge on any atom is -0.451 e. The van der Waals surface area contributed by atoms with Crippen molar-refractivity contribution in [2.75, 3.05) is 5.73 Å². The third-order valence-electron chi connectivity index (χ3n) is 4.05. The number of nitrogens with two attached hydrogens (primary N) is 1. The van der Waals surface area contributed by atoms with Gasteiger partial charge >= 0.3 is 0 Å². The zero-order valence-corrected chi connectivity index (χ0v) is 14.4. The number of rotatable bonds is 4. The quantitative estimate of drug-likeness (QED) is 0.508. The molecule has 0 unspecified atom stereocenters. The maximum absolute atomic E-state index is 12.3. The Labute approximate surface area is 154 Å². The second-order valence-corrected chi connectivity index (χ2v) is 6.28. The number of hydrogen-bond acceptors (Lipinski definition) is 4. The van der Waals surface area contributed by atoms with Crippen LogP contribution in [0.5, 0.6) is 0 Å². The molecule has 4 aromatic rings. The lowest BCUT2D eigenvalue weighted by atomic mass is 10.1. The van der Waals surface area contributed by atoms with Gasteiger partial charge in [-0.25, -0.2) is 0 Å². The van der Waals surface area contributed by atoms with Crippen LogP contribution in [-0.2, 0) is 6.54 Å². The van der Waals surface area contributed by atoms with E-state index >= 15 is 0 Å². The maximum atomic E-state index is 12.3. The summed E-state index contributed by atoms with van der Waals surface area (Å²) in [6.45, 7) is 0.368. The van der Waals surface area contributed by atoms with Gasteiger partial charge < -0.3 is 15.5 Å². The second-order valence-electron chi connectivity index (χ2n) is 5.85. The highest BCUT2D eigenvalue weighted by Crippen LogP contribution is 2.27. The number of aromatic nitrogens is 2. The van der Waals surface area contributed by atoms with E-state index in [2.05, 4.69) is 15.5 Å². The predicted octanol–water partition coefficient (Wildman–Crippen LogP) is 3.99. The number of benzene rings is 2. The number of hydrogen-bond donors (Lipinski definition) is 3. The average Bonchev–Trinajstić information content (AvgIpc) is 3.27. The molecule has 6 nitrogen and oxygen atoms in total. The van der Waals surface area contributed by atoms with Crippen molar-refractivity contribution < 1.29 is 9.21 Å². The fourth-order valence-electron chi connectivity index (χ4n) is 2.72. The molecular weight excluding hydrogens is 352 g/mol. The number of aromatic amines is 1. The Morgan fingerprint density at radius 3 is 2.92 bits per heavy atom. The number of fused-ring (bicyclic) bond motifs is 1. The summed E-state index contributed by atoms with van der Waals surface area (Å²) in [6.07, 6.45) is 0. The van der Waals surface area contributed by atoms with Crippen molar-refractivity contribution in [3.05, 3.63) is 70.9 Å². The maximum Gasteiger partial charge on any atom is 0.287 e. The molecular formula is C19H15ClN4O2. The van der Waals surface area contributed by atoms with Crippen molar-refractivity contribution in [1.29, 1.82) is 0 Å². The topological polar surface area (TPSA) is 96.9 Å². The smallest absolute Gasteiger partial charge is 0.287 e. The highest BCUT2D eigenvalue weighted by atomic mass is 35.5. The normalized spacial score (nSPS) is 11.0. The highest BCUT2D eigenvalue weighted by Gasteiger charge is 2.13. The number of anilines is 1. The molecule has 2 aromatic heterocycles. The van der Waals surface area contributed by atoms with E-state index in [0.717, 1.165) is 22.0 Å². The number of nitrogens with zero attached hydrogens (tertiary/aromatic N) is 1. The molecule has 0 radical (unpaired) electrons. The molecule has 0 bridgehead atoms. The van der Waals surface area contributed by atoms with E-state index in [1.54, 1.807) is 24.3 Å². The average molecular weight is 367 g/mol. The van der Waals surface area contributed by atoms with Gasteiger partial charge in [-0.1, -0.05) is 23.7 Å². The first kappa shape index (κ1) is 16.2. The van der Waals surface area contributed by atoms with Crippen molar-refractivity contribution in [1.82, 2.24) is 15.5 Å². The van der Waals surface area contributed by atoms with Crippen LogP contribution in [0.2, 0.25) is 5.02 Å². The Bertz CT molecular complexity index is 1100.